The van der Waals surface area contributed by atoms with Crippen LogP contribution >= 0.6 is 23.4 Å². The van der Waals surface area contributed by atoms with E-state index in [0.29, 0.717) is 23.3 Å². The maximum Gasteiger partial charge on any atom is 0.253 e. The number of allylic oxidation sites excluding steroid dienone is 1. The lowest BCUT2D eigenvalue weighted by Gasteiger charge is -2.12. The van der Waals surface area contributed by atoms with Crippen LogP contribution in [0, 0.1) is 0 Å². The van der Waals surface area contributed by atoms with E-state index in [-0.39, 0.29) is 5.91 Å². The highest BCUT2D eigenvalue weighted by Gasteiger charge is 2.20. The predicted molar refractivity (Wildman–Crippen MR) is 131 cm³/mol. The van der Waals surface area contributed by atoms with Crippen molar-refractivity contribution in [1.82, 2.24) is 20.2 Å². The van der Waals surface area contributed by atoms with Crippen LogP contribution in [0.4, 0.5) is 5.69 Å². The number of hydrogen-bond donors (Lipinski definition) is 2. The zero-order chi connectivity index (χ0) is 22.9. The lowest BCUT2D eigenvalue weighted by molar-refractivity contribution is -0.120. The maximum atomic E-state index is 12.6. The van der Waals surface area contributed by atoms with E-state index in [2.05, 4.69) is 32.6 Å². The molecule has 32 heavy (non-hydrogen) atoms. The van der Waals surface area contributed by atoms with Crippen molar-refractivity contribution in [2.45, 2.75) is 37.3 Å². The normalized spacial score (nSPS) is 12.3. The van der Waals surface area contributed by atoms with Crippen LogP contribution in [-0.2, 0) is 17.9 Å². The Morgan fingerprint density at radius 1 is 1.22 bits per heavy atom. The second-order valence-electron chi connectivity index (χ2n) is 6.96. The summed E-state index contributed by atoms with van der Waals surface area (Å²) in [5.41, 5.74) is 5.26. The second-order valence-corrected chi connectivity index (χ2v) is 8.70. The summed E-state index contributed by atoms with van der Waals surface area (Å²) in [7, 11) is 0. The lowest BCUT2D eigenvalue weighted by atomic mass is 10.1. The van der Waals surface area contributed by atoms with Gasteiger partial charge < -0.3 is 9.88 Å². The number of benzene rings is 2. The molecule has 1 aromatic heterocycles. The Kier molecular flexibility index (Phi) is 8.47. The van der Waals surface area contributed by atoms with Gasteiger partial charge in [0.25, 0.3) is 5.91 Å². The molecule has 3 aromatic rings. The highest BCUT2D eigenvalue weighted by molar-refractivity contribution is 8.00. The molecule has 0 aliphatic rings. The van der Waals surface area contributed by atoms with E-state index in [1.165, 1.54) is 11.8 Å². The molecular weight excluding hydrogens is 444 g/mol. The van der Waals surface area contributed by atoms with Gasteiger partial charge in [0.15, 0.2) is 11.0 Å². The van der Waals surface area contributed by atoms with Crippen molar-refractivity contribution in [3.63, 3.8) is 0 Å². The summed E-state index contributed by atoms with van der Waals surface area (Å²) < 4.78 is 1.93. The van der Waals surface area contributed by atoms with Crippen LogP contribution in [0.2, 0.25) is 5.02 Å². The van der Waals surface area contributed by atoms with Crippen LogP contribution < -0.4 is 10.7 Å². The molecule has 0 unspecified atom stereocenters. The molecular formula is C23H25ClN6OS. The number of hydrogen-bond acceptors (Lipinski definition) is 6. The molecule has 0 spiro atoms. The third kappa shape index (κ3) is 6.45. The number of rotatable bonds is 10. The number of anilines is 1. The summed E-state index contributed by atoms with van der Waals surface area (Å²) in [6, 6.07) is 17.1. The fourth-order valence-electron chi connectivity index (χ4n) is 2.78. The zero-order valence-electron chi connectivity index (χ0n) is 18.0. The molecule has 2 aromatic carbocycles. The van der Waals surface area contributed by atoms with Crippen molar-refractivity contribution in [2.24, 2.45) is 5.10 Å². The number of aromatic nitrogens is 3. The first-order valence-electron chi connectivity index (χ1n) is 10.1. The summed E-state index contributed by atoms with van der Waals surface area (Å²) in [6.07, 6.45) is 1.78. The third-order valence-electron chi connectivity index (χ3n) is 4.58. The van der Waals surface area contributed by atoms with Crippen LogP contribution in [0.15, 0.2) is 77.5 Å². The van der Waals surface area contributed by atoms with Crippen LogP contribution in [0.25, 0.3) is 0 Å². The van der Waals surface area contributed by atoms with E-state index in [4.69, 9.17) is 11.6 Å². The van der Waals surface area contributed by atoms with Gasteiger partial charge in [-0.05, 0) is 43.7 Å². The fraction of sp³-hybridized carbons (Fsp3) is 0.217. The number of thioether (sulfide) groups is 1. The van der Waals surface area contributed by atoms with Crippen molar-refractivity contribution in [3.8, 4) is 0 Å². The van der Waals surface area contributed by atoms with Crippen molar-refractivity contribution in [1.29, 1.82) is 0 Å². The molecule has 2 N–H and O–H groups in total. The van der Waals surface area contributed by atoms with Gasteiger partial charge in [0.2, 0.25) is 0 Å². The highest BCUT2D eigenvalue weighted by atomic mass is 35.5. The minimum absolute atomic E-state index is 0.209. The van der Waals surface area contributed by atoms with E-state index in [1.54, 1.807) is 6.08 Å². The molecule has 0 fully saturated rings. The zero-order valence-corrected chi connectivity index (χ0v) is 19.5. The van der Waals surface area contributed by atoms with Crippen LogP contribution in [0.3, 0.4) is 0 Å². The van der Waals surface area contributed by atoms with Gasteiger partial charge in [-0.25, -0.2) is 5.43 Å². The number of carbonyl (C=O) groups is 1. The van der Waals surface area contributed by atoms with E-state index in [1.807, 2.05) is 73.0 Å². The summed E-state index contributed by atoms with van der Waals surface area (Å²) in [5, 5.41) is 17.0. The summed E-state index contributed by atoms with van der Waals surface area (Å²) in [5.74, 6) is 0.534. The number of hydrazone groups is 1. The SMILES string of the molecule is C=CCn1c(CNc2ccc(Cl)cc2)nnc1S[C@H](C)C(=O)NN=C(C)c1ccccc1. The molecule has 0 aliphatic heterocycles. The van der Waals surface area contributed by atoms with Gasteiger partial charge in [0.1, 0.15) is 0 Å². The Balaban J connectivity index is 1.63. The molecule has 0 saturated carbocycles. The van der Waals surface area contributed by atoms with Gasteiger partial charge in [-0.15, -0.1) is 16.8 Å². The molecule has 166 valence electrons. The Morgan fingerprint density at radius 2 is 1.94 bits per heavy atom. The summed E-state index contributed by atoms with van der Waals surface area (Å²) in [4.78, 5) is 12.6. The fourth-order valence-corrected chi connectivity index (χ4v) is 3.78. The summed E-state index contributed by atoms with van der Waals surface area (Å²) >= 11 is 7.26. The Morgan fingerprint density at radius 3 is 2.62 bits per heavy atom. The highest BCUT2D eigenvalue weighted by Crippen LogP contribution is 2.23. The molecule has 1 atom stereocenters. The van der Waals surface area contributed by atoms with Gasteiger partial charge in [0.05, 0.1) is 17.5 Å². The Labute approximate surface area is 197 Å². The smallest absolute Gasteiger partial charge is 0.253 e. The standard InChI is InChI=1S/C23H25ClN6OS/c1-4-14-30-21(15-25-20-12-10-19(24)11-13-20)27-29-23(30)32-17(3)22(31)28-26-16(2)18-8-6-5-7-9-18/h4-13,17,25H,1,14-15H2,2-3H3,(H,28,31)/t17-/m1/s1. The minimum Gasteiger partial charge on any atom is -0.378 e. The van der Waals surface area contributed by atoms with Crippen LogP contribution in [0.5, 0.6) is 0 Å². The molecule has 3 rings (SSSR count). The Bertz CT molecular complexity index is 1080. The Hall–Kier alpha value is -3.10. The van der Waals surface area contributed by atoms with Crippen molar-refractivity contribution in [2.75, 3.05) is 5.32 Å². The number of halogens is 1. The first-order valence-corrected chi connectivity index (χ1v) is 11.3. The van der Waals surface area contributed by atoms with E-state index in [0.717, 1.165) is 22.8 Å². The van der Waals surface area contributed by atoms with Gasteiger partial charge in [0, 0.05) is 17.3 Å². The molecule has 7 nitrogen and oxygen atoms in total. The van der Waals surface area contributed by atoms with Gasteiger partial charge in [-0.1, -0.05) is 59.8 Å². The average molecular weight is 469 g/mol. The number of amides is 1. The van der Waals surface area contributed by atoms with Crippen LogP contribution in [-0.4, -0.2) is 31.6 Å². The molecule has 1 heterocycles. The molecule has 0 bridgehead atoms. The monoisotopic (exact) mass is 468 g/mol. The number of nitrogens with zero attached hydrogens (tertiary/aromatic N) is 4. The van der Waals surface area contributed by atoms with E-state index < -0.39 is 5.25 Å². The summed E-state index contributed by atoms with van der Waals surface area (Å²) in [6.45, 7) is 8.50. The largest absolute Gasteiger partial charge is 0.378 e. The van der Waals surface area contributed by atoms with E-state index >= 15 is 0 Å². The van der Waals surface area contributed by atoms with Crippen molar-refractivity contribution >= 4 is 40.7 Å². The second kappa shape index (κ2) is 11.5. The molecule has 0 saturated heterocycles. The van der Waals surface area contributed by atoms with Crippen molar-refractivity contribution < 1.29 is 4.79 Å². The van der Waals surface area contributed by atoms with E-state index in [9.17, 15) is 4.79 Å². The maximum absolute atomic E-state index is 12.6. The molecule has 9 heteroatoms. The topological polar surface area (TPSA) is 84.2 Å². The van der Waals surface area contributed by atoms with Crippen LogP contribution in [0.1, 0.15) is 25.2 Å². The predicted octanol–water partition coefficient (Wildman–Crippen LogP) is 4.75. The van der Waals surface area contributed by atoms with Crippen molar-refractivity contribution in [3.05, 3.63) is 83.7 Å². The number of nitrogens with one attached hydrogen (secondary N) is 2. The van der Waals surface area contributed by atoms with Gasteiger partial charge in [-0.3, -0.25) is 4.79 Å². The van der Waals surface area contributed by atoms with Gasteiger partial charge in [-0.2, -0.15) is 5.10 Å². The quantitative estimate of drug-likeness (QED) is 0.194. The minimum atomic E-state index is -0.410. The molecule has 0 aliphatic carbocycles. The molecule has 1 amide bonds. The molecule has 0 radical (unpaired) electrons. The number of carbonyl (C=O) groups excluding carboxylic acids is 1. The average Bonchev–Trinajstić information content (AvgIpc) is 3.18. The first kappa shape index (κ1) is 23.6. The lowest BCUT2D eigenvalue weighted by Crippen LogP contribution is -2.28. The van der Waals surface area contributed by atoms with Gasteiger partial charge >= 0.3 is 0 Å². The first-order chi connectivity index (χ1) is 15.5. The third-order valence-corrected chi connectivity index (χ3v) is 5.91.